The van der Waals surface area contributed by atoms with Crippen LogP contribution in [0.3, 0.4) is 0 Å². The maximum Gasteiger partial charge on any atom is 0.335 e. The summed E-state index contributed by atoms with van der Waals surface area (Å²) in [4.78, 5) is 32.3. The molecule has 1 aliphatic heterocycles. The van der Waals surface area contributed by atoms with Gasteiger partial charge in [0.1, 0.15) is 5.56 Å². The van der Waals surface area contributed by atoms with E-state index in [1.807, 2.05) is 12.1 Å². The fourth-order valence-corrected chi connectivity index (χ4v) is 3.52. The molecule has 3 N–H and O–H groups in total. The number of nitrogens with one attached hydrogen (secondary N) is 2. The van der Waals surface area contributed by atoms with Crippen molar-refractivity contribution >= 4 is 28.8 Å². The number of hydrogen-bond acceptors (Lipinski definition) is 4. The van der Waals surface area contributed by atoms with Crippen LogP contribution in [0.1, 0.15) is 24.8 Å². The lowest BCUT2D eigenvalue weighted by Gasteiger charge is -2.22. The van der Waals surface area contributed by atoms with Crippen LogP contribution < -0.4 is 16.1 Å². The first-order valence-corrected chi connectivity index (χ1v) is 9.82. The highest BCUT2D eigenvalue weighted by atomic mass is 127. The van der Waals surface area contributed by atoms with Gasteiger partial charge in [-0.25, -0.2) is 9.36 Å². The number of likely N-dealkylation sites (tertiary alicyclic amines) is 1. The summed E-state index contributed by atoms with van der Waals surface area (Å²) in [6.45, 7) is 3.82. The monoisotopic (exact) mass is 469 g/mol. The molecule has 0 spiro atoms. The van der Waals surface area contributed by atoms with Crippen LogP contribution in [0.4, 0.5) is 0 Å². The largest absolute Gasteiger partial charge is 0.493 e. The molecule has 26 heavy (non-hydrogen) atoms. The van der Waals surface area contributed by atoms with Crippen molar-refractivity contribution in [1.82, 2.24) is 9.55 Å². The molecule has 1 aromatic heterocycles. The fraction of sp³-hybridized carbons (Fsp3) is 0.389. The molecule has 1 aliphatic rings. The minimum Gasteiger partial charge on any atom is -0.493 e. The van der Waals surface area contributed by atoms with Crippen molar-refractivity contribution in [3.8, 4) is 11.6 Å². The normalized spacial score (nSPS) is 15.6. The van der Waals surface area contributed by atoms with Gasteiger partial charge in [-0.15, -0.1) is 0 Å². The van der Waals surface area contributed by atoms with Crippen LogP contribution in [0.2, 0.25) is 0 Å². The zero-order chi connectivity index (χ0) is 18.5. The summed E-state index contributed by atoms with van der Waals surface area (Å²) in [7, 11) is 0. The Morgan fingerprint density at radius 3 is 2.58 bits per heavy atom. The highest BCUT2D eigenvalue weighted by molar-refractivity contribution is 14.1. The van der Waals surface area contributed by atoms with E-state index >= 15 is 0 Å². The van der Waals surface area contributed by atoms with Crippen molar-refractivity contribution in [1.29, 1.82) is 0 Å². The number of aromatic amines is 1. The Balaban J connectivity index is 1.81. The average Bonchev–Trinajstić information content (AvgIpc) is 2.63. The van der Waals surface area contributed by atoms with Crippen molar-refractivity contribution in [3.63, 3.8) is 0 Å². The number of halogens is 1. The van der Waals surface area contributed by atoms with E-state index in [4.69, 9.17) is 0 Å². The maximum absolute atomic E-state index is 12.1. The Kier molecular flexibility index (Phi) is 6.25. The molecule has 3 rings (SSSR count). The molecule has 1 fully saturated rings. The second-order valence-electron chi connectivity index (χ2n) is 6.40. The van der Waals surface area contributed by atoms with Crippen LogP contribution in [0.25, 0.3) is 5.69 Å². The number of H-pyrrole nitrogens is 1. The Morgan fingerprint density at radius 1 is 1.19 bits per heavy atom. The Labute approximate surface area is 164 Å². The highest BCUT2D eigenvalue weighted by Crippen LogP contribution is 2.16. The standard InChI is InChI=1S/C18H21IN4O3/c19-13-4-6-14(7-5-13)23-17(25)15(16(24)21-18(23)26)12-20-8-11-22-9-2-1-3-10-22/h4-7,12,25H,1-3,8-11H2,(H,21,24,26)/p+1. The summed E-state index contributed by atoms with van der Waals surface area (Å²) in [6.07, 6.45) is 5.16. The number of aromatic nitrogens is 2. The van der Waals surface area contributed by atoms with Gasteiger partial charge in [0.05, 0.1) is 31.9 Å². The zero-order valence-corrected chi connectivity index (χ0v) is 16.5. The van der Waals surface area contributed by atoms with Crippen molar-refractivity contribution in [3.05, 3.63) is 54.2 Å². The van der Waals surface area contributed by atoms with Crippen molar-refractivity contribution in [2.24, 2.45) is 4.99 Å². The van der Waals surface area contributed by atoms with Crippen LogP contribution in [-0.2, 0) is 0 Å². The summed E-state index contributed by atoms with van der Waals surface area (Å²) in [6, 6.07) is 7.06. The first-order valence-electron chi connectivity index (χ1n) is 8.74. The third kappa shape index (κ3) is 4.42. The molecule has 0 aliphatic carbocycles. The molecule has 2 heterocycles. The van der Waals surface area contributed by atoms with Gasteiger partial charge in [-0.2, -0.15) is 0 Å². The van der Waals surface area contributed by atoms with E-state index in [0.29, 0.717) is 12.2 Å². The van der Waals surface area contributed by atoms with E-state index in [1.54, 1.807) is 12.1 Å². The summed E-state index contributed by atoms with van der Waals surface area (Å²) < 4.78 is 2.08. The Morgan fingerprint density at radius 2 is 1.88 bits per heavy atom. The van der Waals surface area contributed by atoms with Crippen LogP contribution >= 0.6 is 22.6 Å². The van der Waals surface area contributed by atoms with Crippen LogP contribution in [0.15, 0.2) is 38.8 Å². The number of quaternary nitrogens is 1. The third-order valence-corrected chi connectivity index (χ3v) is 5.30. The van der Waals surface area contributed by atoms with Crippen LogP contribution in [0, 0.1) is 3.57 Å². The molecule has 0 atom stereocenters. The minimum absolute atomic E-state index is 0.00297. The number of rotatable bonds is 5. The molecule has 0 radical (unpaired) electrons. The van der Waals surface area contributed by atoms with Gasteiger partial charge in [-0.1, -0.05) is 0 Å². The van der Waals surface area contributed by atoms with Gasteiger partial charge in [0.15, 0.2) is 0 Å². The number of benzene rings is 1. The second kappa shape index (κ2) is 8.63. The average molecular weight is 469 g/mol. The minimum atomic E-state index is -0.677. The molecular weight excluding hydrogens is 447 g/mol. The summed E-state index contributed by atoms with van der Waals surface area (Å²) in [5.74, 6) is -0.394. The van der Waals surface area contributed by atoms with E-state index in [-0.39, 0.29) is 5.56 Å². The maximum atomic E-state index is 12.1. The molecule has 138 valence electrons. The number of piperidine rings is 1. The van der Waals surface area contributed by atoms with Crippen molar-refractivity contribution in [2.45, 2.75) is 19.3 Å². The van der Waals surface area contributed by atoms with E-state index in [2.05, 4.69) is 32.6 Å². The van der Waals surface area contributed by atoms with E-state index < -0.39 is 17.1 Å². The van der Waals surface area contributed by atoms with Gasteiger partial charge in [0.25, 0.3) is 5.56 Å². The highest BCUT2D eigenvalue weighted by Gasteiger charge is 2.15. The van der Waals surface area contributed by atoms with Gasteiger partial charge in [0, 0.05) is 9.78 Å². The van der Waals surface area contributed by atoms with Gasteiger partial charge < -0.3 is 10.0 Å². The summed E-state index contributed by atoms with van der Waals surface area (Å²) in [5.41, 5.74) is -0.833. The smallest absolute Gasteiger partial charge is 0.335 e. The lowest BCUT2D eigenvalue weighted by molar-refractivity contribution is -0.903. The van der Waals surface area contributed by atoms with Gasteiger partial charge in [-0.3, -0.25) is 14.8 Å². The van der Waals surface area contributed by atoms with Gasteiger partial charge >= 0.3 is 5.69 Å². The van der Waals surface area contributed by atoms with Gasteiger partial charge in [0.2, 0.25) is 5.88 Å². The van der Waals surface area contributed by atoms with Crippen molar-refractivity contribution in [2.75, 3.05) is 26.2 Å². The first-order chi connectivity index (χ1) is 12.6. The predicted octanol–water partition coefficient (Wildman–Crippen LogP) is 0.324. The number of hydrogen-bond donors (Lipinski definition) is 3. The number of aromatic hydroxyl groups is 1. The molecule has 0 bridgehead atoms. The first kappa shape index (κ1) is 18.8. The van der Waals surface area contributed by atoms with Crippen molar-refractivity contribution < 1.29 is 10.0 Å². The Hall–Kier alpha value is -1.94. The third-order valence-electron chi connectivity index (χ3n) is 4.58. The molecule has 1 saturated heterocycles. The molecule has 0 amide bonds. The van der Waals surface area contributed by atoms with Gasteiger partial charge in [-0.05, 0) is 66.1 Å². The zero-order valence-electron chi connectivity index (χ0n) is 14.4. The lowest BCUT2D eigenvalue weighted by atomic mass is 10.1. The molecule has 7 nitrogen and oxygen atoms in total. The second-order valence-corrected chi connectivity index (χ2v) is 7.65. The summed E-state index contributed by atoms with van der Waals surface area (Å²) >= 11 is 2.16. The van der Waals surface area contributed by atoms with E-state index in [9.17, 15) is 14.7 Å². The predicted molar refractivity (Wildman–Crippen MR) is 109 cm³/mol. The SMILES string of the molecule is O=c1[nH]c(=O)n(-c2ccc(I)cc2)c(O)c1C=NCC[NH+]1CCCCC1. The quantitative estimate of drug-likeness (QED) is 0.436. The number of aliphatic imine (C=N–C) groups is 1. The Bertz CT molecular complexity index is 896. The van der Waals surface area contributed by atoms with Crippen LogP contribution in [-0.4, -0.2) is 47.1 Å². The molecule has 0 saturated carbocycles. The topological polar surface area (TPSA) is 91.9 Å². The molecule has 8 heteroatoms. The molecule has 1 aromatic carbocycles. The summed E-state index contributed by atoms with van der Waals surface area (Å²) in [5, 5.41) is 10.5. The van der Waals surface area contributed by atoms with Crippen LogP contribution in [0.5, 0.6) is 5.88 Å². The molecule has 0 unspecified atom stereocenters. The lowest BCUT2D eigenvalue weighted by Crippen LogP contribution is -3.13. The van der Waals surface area contributed by atoms with E-state index in [1.165, 1.54) is 43.5 Å². The fourth-order valence-electron chi connectivity index (χ4n) is 3.16. The molecular formula is C18H22IN4O3+. The number of nitrogens with zero attached hydrogens (tertiary/aromatic N) is 2. The molecule has 2 aromatic rings. The van der Waals surface area contributed by atoms with E-state index in [0.717, 1.165) is 14.7 Å².